The minimum atomic E-state index is 0.0100. The van der Waals surface area contributed by atoms with Crippen LogP contribution < -0.4 is 0 Å². The Morgan fingerprint density at radius 2 is 0.824 bits per heavy atom. The molecule has 1 aromatic heterocycles. The van der Waals surface area contributed by atoms with Crippen LogP contribution in [0, 0.1) is 0 Å². The molecule has 0 saturated carbocycles. The first kappa shape index (κ1) is 30.4. The minimum absolute atomic E-state index is 0.0100. The monoisotopic (exact) mass is 716 g/mol. The average Bonchev–Trinajstić information content (AvgIpc) is 3.54. The summed E-state index contributed by atoms with van der Waals surface area (Å²) in [4.78, 5) is 0. The summed E-state index contributed by atoms with van der Waals surface area (Å²) in [5.74, 6) is 0. The van der Waals surface area contributed by atoms with E-state index in [1.807, 2.05) is 0 Å². The maximum atomic E-state index is 2.51. The van der Waals surface area contributed by atoms with Gasteiger partial charge in [0.1, 0.15) is 0 Å². The molecule has 0 radical (unpaired) electrons. The third kappa shape index (κ3) is 4.66. The van der Waals surface area contributed by atoms with Crippen LogP contribution >= 0.6 is 0 Å². The van der Waals surface area contributed by atoms with Crippen LogP contribution in [0.2, 0.25) is 0 Å². The first-order chi connectivity index (χ1) is 25.0. The first-order valence-corrected chi connectivity index (χ1v) is 19.6. The van der Waals surface area contributed by atoms with Crippen molar-refractivity contribution in [2.75, 3.05) is 0 Å². The van der Waals surface area contributed by atoms with E-state index in [2.05, 4.69) is 185 Å². The molecule has 0 aliphatic carbocycles. The van der Waals surface area contributed by atoms with Crippen LogP contribution in [0.15, 0.2) is 164 Å². The molecule has 0 bridgehead atoms. The Kier molecular flexibility index (Phi) is 6.87. The molecule has 51 heavy (non-hydrogen) atoms. The van der Waals surface area contributed by atoms with Crippen molar-refractivity contribution in [1.29, 1.82) is 0 Å². The molecule has 0 aliphatic rings. The van der Waals surface area contributed by atoms with E-state index in [-0.39, 0.29) is 19.9 Å². The molecule has 10 aromatic rings. The van der Waals surface area contributed by atoms with Crippen LogP contribution in [0.25, 0.3) is 95.8 Å². The number of hydrogen-bond acceptors (Lipinski definition) is 0. The average molecular weight is 716 g/mol. The van der Waals surface area contributed by atoms with Gasteiger partial charge in [0.15, 0.2) is 0 Å². The van der Waals surface area contributed by atoms with Gasteiger partial charge in [-0.3, -0.25) is 0 Å². The van der Waals surface area contributed by atoms with E-state index in [4.69, 9.17) is 0 Å². The fourth-order valence-electron chi connectivity index (χ4n) is 8.77. The third-order valence-corrected chi connectivity index (χ3v) is 13.1. The van der Waals surface area contributed by atoms with Crippen LogP contribution in [0.4, 0.5) is 0 Å². The van der Waals surface area contributed by atoms with Crippen molar-refractivity contribution >= 4 is 76.9 Å². The van der Waals surface area contributed by atoms with Crippen molar-refractivity contribution in [3.05, 3.63) is 169 Å². The molecule has 10 rings (SSSR count). The molecule has 1 heterocycles. The Labute approximate surface area is 304 Å². The van der Waals surface area contributed by atoms with E-state index in [9.17, 15) is 0 Å². The molecule has 242 valence electrons. The van der Waals surface area contributed by atoms with Gasteiger partial charge in [-0.25, -0.2) is 0 Å². The van der Waals surface area contributed by atoms with Crippen molar-refractivity contribution < 1.29 is 0 Å². The van der Waals surface area contributed by atoms with Crippen molar-refractivity contribution in [2.45, 2.75) is 26.2 Å². The molecule has 0 saturated heterocycles. The summed E-state index contributed by atoms with van der Waals surface area (Å²) >= 11 is 0.198. The second kappa shape index (κ2) is 11.5. The van der Waals surface area contributed by atoms with Crippen LogP contribution in [-0.2, 0) is 5.41 Å². The number of fused-ring (bicyclic) bond motifs is 7. The standard InChI is InChI=1S/C50H36Se/c1-50(2,3)49-39-24-13-11-22-37(39)47(38-23-12-14-25-40(38)49)42-26-15-27-43-48(42)41-29-28-32(30-44(41)51-43)46-35-20-9-7-18-33(35)45(31-16-5-4-6-17-31)34-19-8-10-21-36(34)46/h4-30H,1-3H3. The van der Waals surface area contributed by atoms with Crippen LogP contribution in [-0.4, -0.2) is 14.5 Å². The van der Waals surface area contributed by atoms with Gasteiger partial charge in [-0.1, -0.05) is 0 Å². The quantitative estimate of drug-likeness (QED) is 0.126. The fraction of sp³-hybridized carbons (Fsp3) is 0.0800. The Bertz CT molecular complexity index is 2880. The van der Waals surface area contributed by atoms with Gasteiger partial charge < -0.3 is 0 Å². The van der Waals surface area contributed by atoms with Crippen molar-refractivity contribution in [3.8, 4) is 33.4 Å². The molecule has 0 spiro atoms. The molecule has 1 heteroatoms. The number of rotatable bonds is 3. The van der Waals surface area contributed by atoms with Crippen molar-refractivity contribution in [1.82, 2.24) is 0 Å². The Morgan fingerprint density at radius 1 is 0.353 bits per heavy atom. The van der Waals surface area contributed by atoms with Crippen molar-refractivity contribution in [3.63, 3.8) is 0 Å². The van der Waals surface area contributed by atoms with Gasteiger partial charge in [0.05, 0.1) is 0 Å². The summed E-state index contributed by atoms with van der Waals surface area (Å²) in [5.41, 5.74) is 9.32. The summed E-state index contributed by atoms with van der Waals surface area (Å²) in [7, 11) is 0. The van der Waals surface area contributed by atoms with E-state index < -0.39 is 0 Å². The summed E-state index contributed by atoms with van der Waals surface area (Å²) in [5, 5.41) is 13.4. The van der Waals surface area contributed by atoms with E-state index in [1.54, 1.807) is 0 Å². The summed E-state index contributed by atoms with van der Waals surface area (Å²) < 4.78 is 2.93. The normalized spacial score (nSPS) is 12.2. The van der Waals surface area contributed by atoms with Gasteiger partial charge >= 0.3 is 306 Å². The molecule has 0 N–H and O–H groups in total. The number of benzene rings is 9. The predicted molar refractivity (Wildman–Crippen MR) is 223 cm³/mol. The second-order valence-corrected chi connectivity index (χ2v) is 17.1. The molecule has 0 nitrogen and oxygen atoms in total. The maximum absolute atomic E-state index is 2.51. The van der Waals surface area contributed by atoms with E-state index >= 15 is 0 Å². The Morgan fingerprint density at radius 3 is 1.35 bits per heavy atom. The molecule has 0 amide bonds. The van der Waals surface area contributed by atoms with E-state index in [0.29, 0.717) is 0 Å². The van der Waals surface area contributed by atoms with Gasteiger partial charge in [0.25, 0.3) is 0 Å². The molecular formula is C50H36Se. The summed E-state index contributed by atoms with van der Waals surface area (Å²) in [6.45, 7) is 7.04. The Hall–Kier alpha value is -5.46. The third-order valence-electron chi connectivity index (χ3n) is 10.7. The van der Waals surface area contributed by atoms with Gasteiger partial charge in [-0.15, -0.1) is 0 Å². The van der Waals surface area contributed by atoms with Crippen LogP contribution in [0.1, 0.15) is 26.3 Å². The zero-order chi connectivity index (χ0) is 34.3. The van der Waals surface area contributed by atoms with Crippen molar-refractivity contribution in [2.24, 2.45) is 0 Å². The van der Waals surface area contributed by atoms with E-state index in [1.165, 1.54) is 101 Å². The Balaban J connectivity index is 1.26. The number of hydrogen-bond donors (Lipinski definition) is 0. The van der Waals surface area contributed by atoms with E-state index in [0.717, 1.165) is 0 Å². The second-order valence-electron chi connectivity index (χ2n) is 14.8. The predicted octanol–water partition coefficient (Wildman–Crippen LogP) is 14.0. The van der Waals surface area contributed by atoms with Crippen LogP contribution in [0.5, 0.6) is 0 Å². The summed E-state index contributed by atoms with van der Waals surface area (Å²) in [6, 6.07) is 61.3. The van der Waals surface area contributed by atoms with Gasteiger partial charge in [0.2, 0.25) is 0 Å². The molecule has 0 aliphatic heterocycles. The van der Waals surface area contributed by atoms with Gasteiger partial charge in [-0.2, -0.15) is 0 Å². The first-order valence-electron chi connectivity index (χ1n) is 17.9. The topological polar surface area (TPSA) is 0 Å². The van der Waals surface area contributed by atoms with Gasteiger partial charge in [-0.05, 0) is 0 Å². The van der Waals surface area contributed by atoms with Gasteiger partial charge in [0, 0.05) is 0 Å². The molecule has 0 atom stereocenters. The molecule has 0 fully saturated rings. The molecule has 9 aromatic carbocycles. The van der Waals surface area contributed by atoms with Crippen LogP contribution in [0.3, 0.4) is 0 Å². The fourth-order valence-corrected chi connectivity index (χ4v) is 11.2. The zero-order valence-corrected chi connectivity index (χ0v) is 30.7. The summed E-state index contributed by atoms with van der Waals surface area (Å²) in [6.07, 6.45) is 0. The zero-order valence-electron chi connectivity index (χ0n) is 29.0. The SMILES string of the molecule is CC(C)(C)c1c2ccccc2c(-c2cccc3[se]c4cc(-c5c6ccccc6c(-c6ccccc6)c6ccccc56)ccc4c23)c2ccccc12. The molecular weight excluding hydrogens is 680 g/mol. The molecule has 0 unspecified atom stereocenters.